The van der Waals surface area contributed by atoms with Gasteiger partial charge in [0.2, 0.25) is 5.52 Å². The zero-order valence-corrected chi connectivity index (χ0v) is 24.5. The summed E-state index contributed by atoms with van der Waals surface area (Å²) in [7, 11) is 4.42. The summed E-state index contributed by atoms with van der Waals surface area (Å²) in [4.78, 5) is 27.4. The third-order valence-electron chi connectivity index (χ3n) is 9.25. The molecule has 0 unspecified atom stereocenters. The van der Waals surface area contributed by atoms with Gasteiger partial charge in [-0.1, -0.05) is 18.9 Å². The maximum atomic E-state index is 14.5. The van der Waals surface area contributed by atoms with E-state index in [1.165, 1.54) is 33.5 Å². The predicted octanol–water partition coefficient (Wildman–Crippen LogP) is 4.09. The Bertz CT molecular complexity index is 2320. The van der Waals surface area contributed by atoms with E-state index in [0.717, 1.165) is 41.1 Å². The highest BCUT2D eigenvalue weighted by Crippen LogP contribution is 2.54. The van der Waals surface area contributed by atoms with Gasteiger partial charge in [0, 0.05) is 63.4 Å². The topological polar surface area (TPSA) is 109 Å². The lowest BCUT2D eigenvalue weighted by molar-refractivity contribution is -0.677. The summed E-state index contributed by atoms with van der Waals surface area (Å²) in [5.41, 5.74) is 2.31. The molecule has 0 bridgehead atoms. The smallest absolute Gasteiger partial charge is 0.207 e. The van der Waals surface area contributed by atoms with Crippen LogP contribution in [0, 0.1) is 6.92 Å². The number of aromatic hydroxyl groups is 1. The molecule has 7 rings (SSSR count). The second kappa shape index (κ2) is 8.95. The Morgan fingerprint density at radius 3 is 2.00 bits per heavy atom. The van der Waals surface area contributed by atoms with Crippen LogP contribution in [0.1, 0.15) is 44.4 Å². The minimum Gasteiger partial charge on any atom is -0.867 e. The highest BCUT2D eigenvalue weighted by molar-refractivity contribution is 6.42. The Labute approximate surface area is 240 Å². The molecule has 1 heterocycles. The highest BCUT2D eigenvalue weighted by Gasteiger charge is 2.35. The maximum absolute atomic E-state index is 14.5. The quantitative estimate of drug-likeness (QED) is 0.134. The number of rotatable bonds is 7. The third-order valence-corrected chi connectivity index (χ3v) is 9.25. The summed E-state index contributed by atoms with van der Waals surface area (Å²) in [6, 6.07) is 2.67. The molecule has 0 saturated carbocycles. The van der Waals surface area contributed by atoms with Crippen molar-refractivity contribution >= 4 is 59.6 Å². The van der Waals surface area contributed by atoms with Gasteiger partial charge in [-0.05, 0) is 30.9 Å². The molecule has 1 aliphatic rings. The van der Waals surface area contributed by atoms with Crippen molar-refractivity contribution in [3.8, 4) is 28.7 Å². The largest absolute Gasteiger partial charge is 0.867 e. The van der Waals surface area contributed by atoms with Gasteiger partial charge in [-0.25, -0.2) is 0 Å². The van der Waals surface area contributed by atoms with Gasteiger partial charge in [-0.3, -0.25) is 9.59 Å². The lowest BCUT2D eigenvalue weighted by Gasteiger charge is -2.23. The molecular formula is C34H31NO7. The first-order valence-electron chi connectivity index (χ1n) is 14.3. The molecule has 6 aromatic rings. The monoisotopic (exact) mass is 565 g/mol. The molecule has 8 heteroatoms. The average Bonchev–Trinajstić information content (AvgIpc) is 3.18. The number of fused-ring (bicyclic) bond motifs is 1. The van der Waals surface area contributed by atoms with Crippen LogP contribution in [-0.4, -0.2) is 26.4 Å². The molecule has 8 nitrogen and oxygen atoms in total. The van der Waals surface area contributed by atoms with Gasteiger partial charge in [-0.2, -0.15) is 4.57 Å². The fraction of sp³-hybridized carbons (Fsp3) is 0.324. The van der Waals surface area contributed by atoms with E-state index in [0.29, 0.717) is 56.4 Å². The Morgan fingerprint density at radius 1 is 0.810 bits per heavy atom. The first kappa shape index (κ1) is 26.3. The van der Waals surface area contributed by atoms with Gasteiger partial charge in [0.15, 0.2) is 28.1 Å². The van der Waals surface area contributed by atoms with Gasteiger partial charge in [0.05, 0.1) is 37.3 Å². The molecule has 0 radical (unpaired) electrons. The van der Waals surface area contributed by atoms with E-state index in [4.69, 9.17) is 14.2 Å². The van der Waals surface area contributed by atoms with Crippen LogP contribution in [0.3, 0.4) is 0 Å². The molecule has 0 fully saturated rings. The Morgan fingerprint density at radius 2 is 1.40 bits per heavy atom. The van der Waals surface area contributed by atoms with Crippen molar-refractivity contribution in [3.63, 3.8) is 0 Å². The van der Waals surface area contributed by atoms with Gasteiger partial charge in [0.25, 0.3) is 0 Å². The number of nitrogens with zero attached hydrogens (tertiary/aromatic N) is 1. The molecule has 5 aromatic carbocycles. The molecular weight excluding hydrogens is 534 g/mol. The van der Waals surface area contributed by atoms with Crippen LogP contribution in [0.2, 0.25) is 0 Å². The molecule has 1 aromatic heterocycles. The molecule has 0 spiro atoms. The number of aryl methyl sites for hydroxylation is 1. The summed E-state index contributed by atoms with van der Waals surface area (Å²) in [6.07, 6.45) is 3.36. The predicted molar refractivity (Wildman–Crippen MR) is 162 cm³/mol. The number of phenolic OH excluding ortho intramolecular Hbond substituents is 1. The van der Waals surface area contributed by atoms with E-state index in [9.17, 15) is 19.8 Å². The fourth-order valence-electron chi connectivity index (χ4n) is 7.62. The molecule has 42 heavy (non-hydrogen) atoms. The molecule has 0 amide bonds. The van der Waals surface area contributed by atoms with Gasteiger partial charge >= 0.3 is 0 Å². The maximum Gasteiger partial charge on any atom is 0.207 e. The molecule has 0 aliphatic heterocycles. The minimum absolute atomic E-state index is 0.0821. The number of benzene rings is 5. The fourth-order valence-corrected chi connectivity index (χ4v) is 7.62. The number of hydrogen-bond donors (Lipinski definition) is 1. The second-order valence-corrected chi connectivity index (χ2v) is 11.3. The summed E-state index contributed by atoms with van der Waals surface area (Å²) >= 11 is 0. The average molecular weight is 566 g/mol. The number of phenols is 1. The number of methoxy groups -OCH3 is 3. The van der Waals surface area contributed by atoms with E-state index >= 15 is 0 Å². The zero-order chi connectivity index (χ0) is 29.8. The second-order valence-electron chi connectivity index (χ2n) is 11.3. The highest BCUT2D eigenvalue weighted by atomic mass is 16.5. The minimum atomic E-state index is -0.425. The molecule has 0 atom stereocenters. The summed E-state index contributed by atoms with van der Waals surface area (Å²) in [6.45, 7) is 6.84. The SMILES string of the molecule is CCCCC[n+]1c(C)c2c3c4c5c(c(OC)c(O)c6c(=O)cc(OC)c(c7c(OC)cc(=O)c(c([O-])c31)c74)c65)CC=2C. The first-order valence-corrected chi connectivity index (χ1v) is 14.3. The Kier molecular flexibility index (Phi) is 5.61. The molecule has 1 N–H and O–H groups in total. The molecule has 214 valence electrons. The van der Waals surface area contributed by atoms with Gasteiger partial charge in [-0.15, -0.1) is 0 Å². The number of unbranched alkanes of at least 4 members (excludes halogenated alkanes) is 2. The normalized spacial score (nSPS) is 13.1. The van der Waals surface area contributed by atoms with Crippen LogP contribution in [0.5, 0.6) is 28.7 Å². The van der Waals surface area contributed by atoms with Crippen molar-refractivity contribution in [2.24, 2.45) is 0 Å². The molecule has 1 aliphatic carbocycles. The summed E-state index contributed by atoms with van der Waals surface area (Å²) in [5, 5.41) is 31.4. The van der Waals surface area contributed by atoms with Gasteiger partial charge < -0.3 is 24.4 Å². The number of aromatic nitrogens is 1. The van der Waals surface area contributed by atoms with Crippen molar-refractivity contribution in [2.75, 3.05) is 21.3 Å². The van der Waals surface area contributed by atoms with E-state index in [1.54, 1.807) is 0 Å². The van der Waals surface area contributed by atoms with Crippen LogP contribution >= 0.6 is 0 Å². The Balaban J connectivity index is 1.97. The summed E-state index contributed by atoms with van der Waals surface area (Å²) in [5.74, 6) is 0.203. The van der Waals surface area contributed by atoms with E-state index in [-0.39, 0.29) is 39.5 Å². The van der Waals surface area contributed by atoms with E-state index < -0.39 is 10.9 Å². The van der Waals surface area contributed by atoms with Crippen molar-refractivity contribution in [1.29, 1.82) is 0 Å². The zero-order valence-electron chi connectivity index (χ0n) is 24.5. The summed E-state index contributed by atoms with van der Waals surface area (Å²) < 4.78 is 19.4. The Hall–Kier alpha value is -4.59. The van der Waals surface area contributed by atoms with Crippen LogP contribution in [0.4, 0.5) is 0 Å². The molecule has 0 saturated heterocycles. The van der Waals surface area contributed by atoms with Crippen molar-refractivity contribution in [2.45, 2.75) is 53.0 Å². The van der Waals surface area contributed by atoms with Crippen molar-refractivity contribution in [1.82, 2.24) is 0 Å². The van der Waals surface area contributed by atoms with Gasteiger partial charge in [0.1, 0.15) is 18.0 Å². The van der Waals surface area contributed by atoms with E-state index in [1.807, 2.05) is 13.8 Å². The van der Waals surface area contributed by atoms with Crippen molar-refractivity contribution < 1.29 is 29.0 Å². The lowest BCUT2D eigenvalue weighted by atomic mass is 9.84. The van der Waals surface area contributed by atoms with Crippen LogP contribution in [0.25, 0.3) is 59.6 Å². The first-order chi connectivity index (χ1) is 20.2. The third kappa shape index (κ3) is 2.99. The standard InChI is InChI=1S/C34H31NO7/c1-7-8-9-10-35-15(3)21-14(2)11-16-22-27-24(33(39)34(16)42-6)18(37)13-19(40-4)25(27)26-20(41-5)12-17(36)23-29(26)28(22)30(21)31(35)32(23)38/h12-13H,7-11H2,1-6H3,(H-,36,37,38,39). The van der Waals surface area contributed by atoms with Crippen LogP contribution in [-0.2, 0) is 13.0 Å². The number of ether oxygens (including phenoxy) is 3. The lowest BCUT2D eigenvalue weighted by Crippen LogP contribution is -2.38. The van der Waals surface area contributed by atoms with E-state index in [2.05, 4.69) is 11.5 Å². The van der Waals surface area contributed by atoms with Crippen LogP contribution in [0.15, 0.2) is 21.7 Å². The van der Waals surface area contributed by atoms with Crippen LogP contribution < -0.4 is 40.0 Å². The van der Waals surface area contributed by atoms with Crippen molar-refractivity contribution in [3.05, 3.63) is 49.1 Å². The number of hydrogen-bond acceptors (Lipinski definition) is 7.